The molecule has 1 heterocycles. The van der Waals surface area contributed by atoms with Gasteiger partial charge in [-0.1, -0.05) is 19.8 Å². The van der Waals surface area contributed by atoms with Crippen LogP contribution in [0, 0.1) is 11.8 Å². The molecule has 1 aliphatic heterocycles. The van der Waals surface area contributed by atoms with Crippen molar-refractivity contribution in [3.63, 3.8) is 0 Å². The van der Waals surface area contributed by atoms with Gasteiger partial charge in [-0.25, -0.2) is 0 Å². The number of nitrogens with zero attached hydrogens (tertiary/aromatic N) is 2. The molecule has 2 fully saturated rings. The van der Waals surface area contributed by atoms with Crippen LogP contribution in [0.5, 0.6) is 0 Å². The van der Waals surface area contributed by atoms with E-state index < -0.39 is 0 Å². The summed E-state index contributed by atoms with van der Waals surface area (Å²) in [4.78, 5) is 17.2. The maximum absolute atomic E-state index is 12.7. The van der Waals surface area contributed by atoms with E-state index >= 15 is 0 Å². The quantitative estimate of drug-likeness (QED) is 0.834. The number of nitrogens with two attached hydrogens (primary N) is 1. The standard InChI is InChI=1S/C16H31N3O/c1-3-19-10-6-8-14(19)12-18(2)16(20)15-9-5-4-7-13(15)11-17/h13-15H,3-12,17H2,1-2H3. The molecule has 0 spiro atoms. The number of rotatable bonds is 5. The normalized spacial score (nSPS) is 31.4. The molecule has 0 radical (unpaired) electrons. The van der Waals surface area contributed by atoms with E-state index in [-0.39, 0.29) is 5.92 Å². The van der Waals surface area contributed by atoms with Gasteiger partial charge in [0.05, 0.1) is 0 Å². The van der Waals surface area contributed by atoms with Crippen molar-refractivity contribution in [2.24, 2.45) is 17.6 Å². The van der Waals surface area contributed by atoms with Crippen molar-refractivity contribution in [1.82, 2.24) is 9.80 Å². The summed E-state index contributed by atoms with van der Waals surface area (Å²) in [6.07, 6.45) is 7.09. The van der Waals surface area contributed by atoms with E-state index in [9.17, 15) is 4.79 Å². The van der Waals surface area contributed by atoms with Gasteiger partial charge >= 0.3 is 0 Å². The van der Waals surface area contributed by atoms with Crippen LogP contribution in [0.25, 0.3) is 0 Å². The number of amides is 1. The lowest BCUT2D eigenvalue weighted by atomic mass is 9.78. The van der Waals surface area contributed by atoms with Gasteiger partial charge in [-0.05, 0) is 51.2 Å². The van der Waals surface area contributed by atoms with Crippen molar-refractivity contribution in [2.75, 3.05) is 33.2 Å². The molecule has 1 saturated carbocycles. The third-order valence-corrected chi connectivity index (χ3v) is 5.30. The topological polar surface area (TPSA) is 49.6 Å². The molecule has 2 N–H and O–H groups in total. The predicted octanol–water partition coefficient (Wildman–Crippen LogP) is 1.69. The molecule has 3 atom stereocenters. The largest absolute Gasteiger partial charge is 0.344 e. The van der Waals surface area contributed by atoms with Gasteiger partial charge in [0.2, 0.25) is 5.91 Å². The van der Waals surface area contributed by atoms with Gasteiger partial charge in [0, 0.05) is 25.6 Å². The van der Waals surface area contributed by atoms with Crippen molar-refractivity contribution in [1.29, 1.82) is 0 Å². The Morgan fingerprint density at radius 3 is 2.70 bits per heavy atom. The Balaban J connectivity index is 1.90. The minimum absolute atomic E-state index is 0.176. The molecule has 2 aliphatic rings. The average molecular weight is 281 g/mol. The minimum atomic E-state index is 0.176. The molecule has 2 rings (SSSR count). The molecule has 116 valence electrons. The number of carbonyl (C=O) groups excluding carboxylic acids is 1. The van der Waals surface area contributed by atoms with Crippen LogP contribution in [0.4, 0.5) is 0 Å². The molecule has 0 aromatic heterocycles. The van der Waals surface area contributed by atoms with Crippen molar-refractivity contribution in [3.8, 4) is 0 Å². The molecule has 1 aliphatic carbocycles. The number of hydrogen-bond acceptors (Lipinski definition) is 3. The summed E-state index contributed by atoms with van der Waals surface area (Å²) in [5, 5.41) is 0. The van der Waals surface area contributed by atoms with Crippen LogP contribution >= 0.6 is 0 Å². The summed E-state index contributed by atoms with van der Waals surface area (Å²) >= 11 is 0. The second kappa shape index (κ2) is 7.41. The van der Waals surface area contributed by atoms with Gasteiger partial charge in [-0.3, -0.25) is 9.69 Å². The molecule has 0 aromatic rings. The van der Waals surface area contributed by atoms with E-state index in [0.717, 1.165) is 25.9 Å². The van der Waals surface area contributed by atoms with Crippen LogP contribution in [0.3, 0.4) is 0 Å². The molecule has 1 amide bonds. The first-order valence-corrected chi connectivity index (χ1v) is 8.36. The van der Waals surface area contributed by atoms with Gasteiger partial charge in [0.15, 0.2) is 0 Å². The van der Waals surface area contributed by atoms with E-state index in [4.69, 9.17) is 5.73 Å². The smallest absolute Gasteiger partial charge is 0.225 e. The van der Waals surface area contributed by atoms with E-state index in [1.54, 1.807) is 0 Å². The van der Waals surface area contributed by atoms with Crippen LogP contribution in [0.2, 0.25) is 0 Å². The predicted molar refractivity (Wildman–Crippen MR) is 82.4 cm³/mol. The van der Waals surface area contributed by atoms with Crippen LogP contribution in [-0.4, -0.2) is 55.0 Å². The Bertz CT molecular complexity index is 321. The molecule has 3 unspecified atom stereocenters. The van der Waals surface area contributed by atoms with Crippen molar-refractivity contribution >= 4 is 5.91 Å². The van der Waals surface area contributed by atoms with E-state index in [1.165, 1.54) is 32.2 Å². The molecule has 4 heteroatoms. The Kier molecular flexibility index (Phi) is 5.85. The molecule has 0 bridgehead atoms. The molecule has 1 saturated heterocycles. The molecular weight excluding hydrogens is 250 g/mol. The van der Waals surface area contributed by atoms with Crippen LogP contribution in [-0.2, 0) is 4.79 Å². The third kappa shape index (κ3) is 3.53. The highest BCUT2D eigenvalue weighted by Crippen LogP contribution is 2.31. The number of carbonyl (C=O) groups is 1. The molecule has 20 heavy (non-hydrogen) atoms. The van der Waals surface area contributed by atoms with Crippen LogP contribution in [0.1, 0.15) is 45.4 Å². The Morgan fingerprint density at radius 1 is 1.25 bits per heavy atom. The summed E-state index contributed by atoms with van der Waals surface area (Å²) in [5.41, 5.74) is 5.86. The number of hydrogen-bond donors (Lipinski definition) is 1. The first kappa shape index (κ1) is 15.8. The second-order valence-corrected chi connectivity index (χ2v) is 6.53. The van der Waals surface area contributed by atoms with E-state index in [1.807, 2.05) is 11.9 Å². The summed E-state index contributed by atoms with van der Waals surface area (Å²) < 4.78 is 0. The van der Waals surface area contributed by atoms with Gasteiger partial charge in [0.25, 0.3) is 0 Å². The molecular formula is C16H31N3O. The molecule has 0 aromatic carbocycles. The highest BCUT2D eigenvalue weighted by atomic mass is 16.2. The molecule has 4 nitrogen and oxygen atoms in total. The Labute approximate surface area is 123 Å². The van der Waals surface area contributed by atoms with Crippen molar-refractivity contribution in [2.45, 2.75) is 51.5 Å². The summed E-state index contributed by atoms with van der Waals surface area (Å²) in [7, 11) is 1.98. The van der Waals surface area contributed by atoms with Gasteiger partial charge < -0.3 is 10.6 Å². The van der Waals surface area contributed by atoms with Gasteiger partial charge in [-0.15, -0.1) is 0 Å². The van der Waals surface area contributed by atoms with Gasteiger partial charge in [0.1, 0.15) is 0 Å². The fraction of sp³-hybridized carbons (Fsp3) is 0.938. The lowest BCUT2D eigenvalue weighted by molar-refractivity contribution is -0.137. The third-order valence-electron chi connectivity index (χ3n) is 5.30. The number of likely N-dealkylation sites (N-methyl/N-ethyl adjacent to an activating group) is 2. The average Bonchev–Trinajstić information content (AvgIpc) is 2.93. The van der Waals surface area contributed by atoms with Gasteiger partial charge in [-0.2, -0.15) is 0 Å². The van der Waals surface area contributed by atoms with E-state index in [2.05, 4.69) is 11.8 Å². The fourth-order valence-corrected chi connectivity index (χ4v) is 4.02. The van der Waals surface area contributed by atoms with E-state index in [0.29, 0.717) is 24.4 Å². The zero-order valence-electron chi connectivity index (χ0n) is 13.2. The Morgan fingerprint density at radius 2 is 2.00 bits per heavy atom. The first-order valence-electron chi connectivity index (χ1n) is 8.36. The second-order valence-electron chi connectivity index (χ2n) is 6.53. The van der Waals surface area contributed by atoms with Crippen LogP contribution < -0.4 is 5.73 Å². The lowest BCUT2D eigenvalue weighted by Crippen LogP contribution is -2.45. The zero-order valence-corrected chi connectivity index (χ0v) is 13.2. The van der Waals surface area contributed by atoms with Crippen LogP contribution in [0.15, 0.2) is 0 Å². The lowest BCUT2D eigenvalue weighted by Gasteiger charge is -2.34. The minimum Gasteiger partial charge on any atom is -0.344 e. The maximum atomic E-state index is 12.7. The summed E-state index contributed by atoms with van der Waals surface area (Å²) in [6.45, 7) is 6.06. The highest BCUT2D eigenvalue weighted by molar-refractivity contribution is 5.79. The number of likely N-dealkylation sites (tertiary alicyclic amines) is 1. The summed E-state index contributed by atoms with van der Waals surface area (Å²) in [6, 6.07) is 0.564. The SMILES string of the molecule is CCN1CCCC1CN(C)C(=O)C1CCCCC1CN. The zero-order chi connectivity index (χ0) is 14.5. The summed E-state index contributed by atoms with van der Waals surface area (Å²) in [5.74, 6) is 0.919. The highest BCUT2D eigenvalue weighted by Gasteiger charge is 2.33. The monoisotopic (exact) mass is 281 g/mol. The maximum Gasteiger partial charge on any atom is 0.225 e. The van der Waals surface area contributed by atoms with Crippen molar-refractivity contribution < 1.29 is 4.79 Å². The fourth-order valence-electron chi connectivity index (χ4n) is 4.02. The van der Waals surface area contributed by atoms with Crippen molar-refractivity contribution in [3.05, 3.63) is 0 Å². The Hall–Kier alpha value is -0.610. The first-order chi connectivity index (χ1) is 9.67.